The molecule has 0 radical (unpaired) electrons. The largest absolute Gasteiger partial charge is 0.361 e. The molecule has 2 nitrogen and oxygen atoms in total. The number of carbonyl (C=O) groups excluding carboxylic acids is 1. The van der Waals surface area contributed by atoms with Gasteiger partial charge in [0.2, 0.25) is 0 Å². The molecule has 19 heavy (non-hydrogen) atoms. The van der Waals surface area contributed by atoms with Gasteiger partial charge in [0.1, 0.15) is 5.60 Å². The number of rotatable bonds is 1. The average Bonchev–Trinajstić information content (AvgIpc) is 2.34. The Morgan fingerprint density at radius 3 is 2.53 bits per heavy atom. The second kappa shape index (κ2) is 4.04. The molecule has 2 atom stereocenters. The topological polar surface area (TPSA) is 26.3 Å². The summed E-state index contributed by atoms with van der Waals surface area (Å²) in [6, 6.07) is 10.1. The standard InChI is InChI=1S/C17H20O2/c1-16(2)14-9-10-17(3,19-16)15(18)13(14)11-12-7-5-4-6-8-12/h4-8,11,14H,9-10H2,1-3H3. The third-order valence-corrected chi connectivity index (χ3v) is 4.48. The molecule has 100 valence electrons. The zero-order chi connectivity index (χ0) is 13.7. The van der Waals surface area contributed by atoms with Crippen LogP contribution in [0.15, 0.2) is 35.9 Å². The Morgan fingerprint density at radius 2 is 1.89 bits per heavy atom. The first-order chi connectivity index (χ1) is 8.92. The molecular formula is C17H20O2. The molecule has 2 bridgehead atoms. The summed E-state index contributed by atoms with van der Waals surface area (Å²) in [7, 11) is 0. The number of ether oxygens (including phenoxy) is 1. The van der Waals surface area contributed by atoms with E-state index in [1.165, 1.54) is 0 Å². The Labute approximate surface area is 114 Å². The van der Waals surface area contributed by atoms with E-state index < -0.39 is 5.60 Å². The van der Waals surface area contributed by atoms with Crippen molar-refractivity contribution in [1.29, 1.82) is 0 Å². The van der Waals surface area contributed by atoms with Crippen molar-refractivity contribution in [3.05, 3.63) is 41.5 Å². The summed E-state index contributed by atoms with van der Waals surface area (Å²) in [5.74, 6) is 0.383. The lowest BCUT2D eigenvalue weighted by molar-refractivity contribution is -0.206. The first-order valence-corrected chi connectivity index (χ1v) is 6.94. The molecule has 1 saturated carbocycles. The molecule has 0 aromatic heterocycles. The molecule has 2 heterocycles. The molecule has 2 saturated heterocycles. The van der Waals surface area contributed by atoms with Gasteiger partial charge in [-0.2, -0.15) is 0 Å². The van der Waals surface area contributed by atoms with Gasteiger partial charge in [-0.15, -0.1) is 0 Å². The fourth-order valence-electron chi connectivity index (χ4n) is 3.52. The maximum atomic E-state index is 12.6. The van der Waals surface area contributed by atoms with Crippen LogP contribution in [0.5, 0.6) is 0 Å². The van der Waals surface area contributed by atoms with Crippen molar-refractivity contribution in [1.82, 2.24) is 0 Å². The maximum absolute atomic E-state index is 12.6. The van der Waals surface area contributed by atoms with Gasteiger partial charge in [-0.25, -0.2) is 0 Å². The summed E-state index contributed by atoms with van der Waals surface area (Å²) in [4.78, 5) is 12.6. The molecule has 1 aromatic rings. The molecule has 0 spiro atoms. The predicted molar refractivity (Wildman–Crippen MR) is 75.7 cm³/mol. The number of hydrogen-bond donors (Lipinski definition) is 0. The van der Waals surface area contributed by atoms with Crippen LogP contribution in [0.2, 0.25) is 0 Å². The molecular weight excluding hydrogens is 236 g/mol. The number of fused-ring (bicyclic) bond motifs is 3. The second-order valence-corrected chi connectivity index (χ2v) is 6.37. The molecule has 0 N–H and O–H groups in total. The SMILES string of the molecule is CC12CCC(C(=Cc3ccccc3)C1=O)C(C)(C)O2. The highest BCUT2D eigenvalue weighted by Gasteiger charge is 2.56. The minimum absolute atomic E-state index is 0.173. The fourth-order valence-corrected chi connectivity index (χ4v) is 3.52. The van der Waals surface area contributed by atoms with Gasteiger partial charge in [0.05, 0.1) is 5.60 Å². The number of carbonyl (C=O) groups is 1. The monoisotopic (exact) mass is 256 g/mol. The Kier molecular flexibility index (Phi) is 2.68. The van der Waals surface area contributed by atoms with Crippen molar-refractivity contribution in [3.63, 3.8) is 0 Å². The van der Waals surface area contributed by atoms with Gasteiger partial charge >= 0.3 is 0 Å². The molecule has 2 heteroatoms. The van der Waals surface area contributed by atoms with E-state index in [9.17, 15) is 4.79 Å². The van der Waals surface area contributed by atoms with Crippen LogP contribution in [0.25, 0.3) is 6.08 Å². The van der Waals surface area contributed by atoms with Crippen molar-refractivity contribution in [2.24, 2.45) is 5.92 Å². The Morgan fingerprint density at radius 1 is 1.21 bits per heavy atom. The molecule has 1 aromatic carbocycles. The molecule has 2 aliphatic heterocycles. The molecule has 4 rings (SSSR count). The minimum Gasteiger partial charge on any atom is -0.361 e. The van der Waals surface area contributed by atoms with Crippen LogP contribution in [0.1, 0.15) is 39.2 Å². The highest BCUT2D eigenvalue weighted by Crippen LogP contribution is 2.50. The minimum atomic E-state index is -0.626. The highest BCUT2D eigenvalue weighted by molar-refractivity contribution is 6.07. The predicted octanol–water partition coefficient (Wildman–Crippen LogP) is 3.62. The Bertz CT molecular complexity index is 542. The van der Waals surface area contributed by atoms with Crippen molar-refractivity contribution in [3.8, 4) is 0 Å². The third kappa shape index (κ3) is 1.95. The smallest absolute Gasteiger partial charge is 0.190 e. The lowest BCUT2D eigenvalue weighted by Crippen LogP contribution is -2.60. The van der Waals surface area contributed by atoms with E-state index in [0.717, 1.165) is 24.0 Å². The quantitative estimate of drug-likeness (QED) is 0.717. The van der Waals surface area contributed by atoms with E-state index in [1.807, 2.05) is 37.3 Å². The summed E-state index contributed by atoms with van der Waals surface area (Å²) in [5, 5.41) is 0. The van der Waals surface area contributed by atoms with E-state index in [2.05, 4.69) is 19.9 Å². The summed E-state index contributed by atoms with van der Waals surface area (Å²) >= 11 is 0. The first-order valence-electron chi connectivity index (χ1n) is 6.94. The number of benzene rings is 1. The van der Waals surface area contributed by atoms with Gasteiger partial charge in [0.15, 0.2) is 5.78 Å². The van der Waals surface area contributed by atoms with Crippen molar-refractivity contribution in [2.45, 2.75) is 44.8 Å². The third-order valence-electron chi connectivity index (χ3n) is 4.48. The normalized spacial score (nSPS) is 34.8. The van der Waals surface area contributed by atoms with Crippen molar-refractivity contribution >= 4 is 11.9 Å². The van der Waals surface area contributed by atoms with Crippen LogP contribution in [0, 0.1) is 5.92 Å². The lowest BCUT2D eigenvalue weighted by atomic mass is 9.65. The number of hydrogen-bond acceptors (Lipinski definition) is 2. The zero-order valence-electron chi connectivity index (χ0n) is 11.8. The van der Waals surface area contributed by atoms with E-state index in [1.54, 1.807) is 0 Å². The van der Waals surface area contributed by atoms with Crippen LogP contribution in [0.3, 0.4) is 0 Å². The summed E-state index contributed by atoms with van der Waals surface area (Å²) in [5.41, 5.74) is 1.16. The van der Waals surface area contributed by atoms with Crippen molar-refractivity contribution in [2.75, 3.05) is 0 Å². The molecule has 1 aliphatic carbocycles. The van der Waals surface area contributed by atoms with E-state index in [0.29, 0.717) is 0 Å². The van der Waals surface area contributed by atoms with E-state index in [-0.39, 0.29) is 17.3 Å². The van der Waals surface area contributed by atoms with E-state index in [4.69, 9.17) is 4.74 Å². The summed E-state index contributed by atoms with van der Waals surface area (Å²) in [6.07, 6.45) is 3.93. The molecule has 0 amide bonds. The lowest BCUT2D eigenvalue weighted by Gasteiger charge is -2.53. The summed E-state index contributed by atoms with van der Waals surface area (Å²) < 4.78 is 6.05. The van der Waals surface area contributed by atoms with Gasteiger partial charge < -0.3 is 4.74 Å². The van der Waals surface area contributed by atoms with Gasteiger partial charge in [0, 0.05) is 11.5 Å². The van der Waals surface area contributed by atoms with Gasteiger partial charge in [-0.1, -0.05) is 30.3 Å². The number of Topliss-reactive ketones (excluding diaryl/α,β-unsaturated/α-hetero) is 1. The van der Waals surface area contributed by atoms with Crippen LogP contribution in [-0.2, 0) is 9.53 Å². The van der Waals surface area contributed by atoms with Gasteiger partial charge in [0.25, 0.3) is 0 Å². The maximum Gasteiger partial charge on any atom is 0.190 e. The Balaban J connectivity index is 2.06. The average molecular weight is 256 g/mol. The molecule has 3 fully saturated rings. The van der Waals surface area contributed by atoms with Crippen molar-refractivity contribution < 1.29 is 9.53 Å². The van der Waals surface area contributed by atoms with E-state index >= 15 is 0 Å². The van der Waals surface area contributed by atoms with Gasteiger partial charge in [-0.05, 0) is 45.3 Å². The zero-order valence-corrected chi connectivity index (χ0v) is 11.8. The first kappa shape index (κ1) is 12.6. The highest BCUT2D eigenvalue weighted by atomic mass is 16.5. The van der Waals surface area contributed by atoms with Crippen LogP contribution in [0.4, 0.5) is 0 Å². The summed E-state index contributed by atoms with van der Waals surface area (Å²) in [6.45, 7) is 6.13. The number of ketones is 1. The van der Waals surface area contributed by atoms with Crippen LogP contribution >= 0.6 is 0 Å². The molecule has 3 aliphatic rings. The Hall–Kier alpha value is -1.41. The second-order valence-electron chi connectivity index (χ2n) is 6.37. The van der Waals surface area contributed by atoms with Crippen LogP contribution < -0.4 is 0 Å². The van der Waals surface area contributed by atoms with Gasteiger partial charge in [-0.3, -0.25) is 4.79 Å². The van der Waals surface area contributed by atoms with Crippen LogP contribution in [-0.4, -0.2) is 17.0 Å². The molecule has 2 unspecified atom stereocenters. The fraction of sp³-hybridized carbons (Fsp3) is 0.471.